The largest absolute Gasteiger partial charge is 0.369 e. The first kappa shape index (κ1) is 11.9. The van der Waals surface area contributed by atoms with Crippen LogP contribution < -0.4 is 5.73 Å². The SMILES string of the molecule is CN1CCCC(N2CCCC(C(N)=O)C2)C1. The van der Waals surface area contributed by atoms with Gasteiger partial charge in [0.1, 0.15) is 0 Å². The third kappa shape index (κ3) is 2.74. The van der Waals surface area contributed by atoms with Gasteiger partial charge in [-0.05, 0) is 45.8 Å². The van der Waals surface area contributed by atoms with Gasteiger partial charge in [-0.15, -0.1) is 0 Å². The highest BCUT2D eigenvalue weighted by Gasteiger charge is 2.30. The molecule has 4 heteroatoms. The number of piperidine rings is 2. The lowest BCUT2D eigenvalue weighted by Crippen LogP contribution is -2.51. The van der Waals surface area contributed by atoms with Crippen molar-refractivity contribution >= 4 is 5.91 Å². The third-order valence-corrected chi connectivity index (χ3v) is 3.97. The molecule has 2 aliphatic rings. The van der Waals surface area contributed by atoms with Crippen LogP contribution in [0.2, 0.25) is 0 Å². The summed E-state index contributed by atoms with van der Waals surface area (Å²) in [7, 11) is 2.18. The van der Waals surface area contributed by atoms with Crippen molar-refractivity contribution in [1.29, 1.82) is 0 Å². The van der Waals surface area contributed by atoms with Crippen LogP contribution in [0.15, 0.2) is 0 Å². The number of likely N-dealkylation sites (tertiary alicyclic amines) is 2. The fraction of sp³-hybridized carbons (Fsp3) is 0.917. The standard InChI is InChI=1S/C12H23N3O/c1-14-6-3-5-11(9-14)15-7-2-4-10(8-15)12(13)16/h10-11H,2-9H2,1H3,(H2,13,16). The van der Waals surface area contributed by atoms with Gasteiger partial charge in [0.05, 0.1) is 5.92 Å². The highest BCUT2D eigenvalue weighted by Crippen LogP contribution is 2.22. The molecule has 1 amide bonds. The molecule has 0 aliphatic carbocycles. The molecule has 0 aromatic heterocycles. The minimum absolute atomic E-state index is 0.0842. The van der Waals surface area contributed by atoms with E-state index in [0.29, 0.717) is 6.04 Å². The van der Waals surface area contributed by atoms with E-state index >= 15 is 0 Å². The van der Waals surface area contributed by atoms with Crippen molar-refractivity contribution in [3.8, 4) is 0 Å². The van der Waals surface area contributed by atoms with Crippen LogP contribution in [-0.4, -0.2) is 55.0 Å². The molecule has 2 atom stereocenters. The van der Waals surface area contributed by atoms with E-state index in [0.717, 1.165) is 32.5 Å². The molecule has 92 valence electrons. The van der Waals surface area contributed by atoms with Gasteiger partial charge in [-0.3, -0.25) is 9.69 Å². The first-order valence-electron chi connectivity index (χ1n) is 6.38. The first-order valence-corrected chi connectivity index (χ1v) is 6.38. The number of likely N-dealkylation sites (N-methyl/N-ethyl adjacent to an activating group) is 1. The Morgan fingerprint density at radius 1 is 1.19 bits per heavy atom. The van der Waals surface area contributed by atoms with Crippen molar-refractivity contribution in [2.24, 2.45) is 11.7 Å². The van der Waals surface area contributed by atoms with E-state index in [4.69, 9.17) is 5.73 Å². The van der Waals surface area contributed by atoms with Gasteiger partial charge in [0, 0.05) is 19.1 Å². The normalized spacial score (nSPS) is 33.8. The van der Waals surface area contributed by atoms with E-state index in [9.17, 15) is 4.79 Å². The number of nitrogens with two attached hydrogens (primary N) is 1. The van der Waals surface area contributed by atoms with Crippen LogP contribution in [0.25, 0.3) is 0 Å². The summed E-state index contributed by atoms with van der Waals surface area (Å²) in [6.07, 6.45) is 4.65. The van der Waals surface area contributed by atoms with E-state index < -0.39 is 0 Å². The van der Waals surface area contributed by atoms with Gasteiger partial charge in [0.15, 0.2) is 0 Å². The number of nitrogens with zero attached hydrogens (tertiary/aromatic N) is 2. The van der Waals surface area contributed by atoms with E-state index in [1.807, 2.05) is 0 Å². The number of carbonyl (C=O) groups excluding carboxylic acids is 1. The molecular weight excluding hydrogens is 202 g/mol. The van der Waals surface area contributed by atoms with E-state index in [1.54, 1.807) is 0 Å². The molecule has 0 spiro atoms. The molecule has 0 aromatic rings. The minimum Gasteiger partial charge on any atom is -0.369 e. The molecule has 2 unspecified atom stereocenters. The number of primary amides is 1. The molecular formula is C12H23N3O. The number of carbonyl (C=O) groups is 1. The maximum absolute atomic E-state index is 11.2. The van der Waals surface area contributed by atoms with Crippen LogP contribution >= 0.6 is 0 Å². The quantitative estimate of drug-likeness (QED) is 0.734. The second kappa shape index (κ2) is 5.15. The molecule has 2 N–H and O–H groups in total. The lowest BCUT2D eigenvalue weighted by Gasteiger charge is -2.41. The van der Waals surface area contributed by atoms with Gasteiger partial charge in [-0.2, -0.15) is 0 Å². The summed E-state index contributed by atoms with van der Waals surface area (Å²) in [4.78, 5) is 16.1. The zero-order valence-electron chi connectivity index (χ0n) is 10.2. The first-order chi connectivity index (χ1) is 7.66. The Hall–Kier alpha value is -0.610. The molecule has 0 aromatic carbocycles. The fourth-order valence-corrected chi connectivity index (χ4v) is 3.01. The van der Waals surface area contributed by atoms with Crippen LogP contribution in [0, 0.1) is 5.92 Å². The summed E-state index contributed by atoms with van der Waals surface area (Å²) in [5, 5.41) is 0. The summed E-state index contributed by atoms with van der Waals surface area (Å²) in [5.74, 6) is -0.0325. The van der Waals surface area contributed by atoms with Gasteiger partial charge in [0.2, 0.25) is 5.91 Å². The Balaban J connectivity index is 1.90. The Bertz CT molecular complexity index is 257. The van der Waals surface area contributed by atoms with E-state index in [2.05, 4.69) is 16.8 Å². The van der Waals surface area contributed by atoms with Gasteiger partial charge in [0.25, 0.3) is 0 Å². The lowest BCUT2D eigenvalue weighted by molar-refractivity contribution is -0.123. The summed E-state index contributed by atoms with van der Waals surface area (Å²) in [6.45, 7) is 4.38. The Kier molecular flexibility index (Phi) is 3.82. The Labute approximate surface area is 97.8 Å². The second-order valence-corrected chi connectivity index (χ2v) is 5.29. The van der Waals surface area contributed by atoms with Crippen LogP contribution in [-0.2, 0) is 4.79 Å². The maximum Gasteiger partial charge on any atom is 0.221 e. The summed E-state index contributed by atoms with van der Waals surface area (Å²) in [5.41, 5.74) is 5.41. The predicted molar refractivity (Wildman–Crippen MR) is 64.0 cm³/mol. The van der Waals surface area contributed by atoms with Gasteiger partial charge >= 0.3 is 0 Å². The van der Waals surface area contributed by atoms with Crippen molar-refractivity contribution in [3.05, 3.63) is 0 Å². The molecule has 2 saturated heterocycles. The number of hydrogen-bond acceptors (Lipinski definition) is 3. The molecule has 0 saturated carbocycles. The highest BCUT2D eigenvalue weighted by atomic mass is 16.1. The number of amides is 1. The average Bonchev–Trinajstić information content (AvgIpc) is 2.29. The second-order valence-electron chi connectivity index (χ2n) is 5.29. The topological polar surface area (TPSA) is 49.6 Å². The summed E-state index contributed by atoms with van der Waals surface area (Å²) in [6, 6.07) is 0.640. The van der Waals surface area contributed by atoms with Gasteiger partial charge in [-0.1, -0.05) is 0 Å². The molecule has 2 heterocycles. The fourth-order valence-electron chi connectivity index (χ4n) is 3.01. The predicted octanol–water partition coefficient (Wildman–Crippen LogP) is 0.278. The van der Waals surface area contributed by atoms with Crippen molar-refractivity contribution in [2.45, 2.75) is 31.7 Å². The lowest BCUT2D eigenvalue weighted by atomic mass is 9.94. The van der Waals surface area contributed by atoms with Crippen LogP contribution in [0.3, 0.4) is 0 Å². The molecule has 2 fully saturated rings. The van der Waals surface area contributed by atoms with Crippen LogP contribution in [0.1, 0.15) is 25.7 Å². The molecule has 0 bridgehead atoms. The molecule has 16 heavy (non-hydrogen) atoms. The Morgan fingerprint density at radius 2 is 1.94 bits per heavy atom. The van der Waals surface area contributed by atoms with Gasteiger partial charge < -0.3 is 10.6 Å². The maximum atomic E-state index is 11.2. The molecule has 2 aliphatic heterocycles. The van der Waals surface area contributed by atoms with Gasteiger partial charge in [-0.25, -0.2) is 0 Å². The van der Waals surface area contributed by atoms with E-state index in [-0.39, 0.29) is 11.8 Å². The molecule has 4 nitrogen and oxygen atoms in total. The van der Waals surface area contributed by atoms with Crippen molar-refractivity contribution < 1.29 is 4.79 Å². The third-order valence-electron chi connectivity index (χ3n) is 3.97. The smallest absolute Gasteiger partial charge is 0.221 e. The Morgan fingerprint density at radius 3 is 2.62 bits per heavy atom. The monoisotopic (exact) mass is 225 g/mol. The van der Waals surface area contributed by atoms with Crippen molar-refractivity contribution in [1.82, 2.24) is 9.80 Å². The molecule has 2 rings (SSSR count). The number of hydrogen-bond donors (Lipinski definition) is 1. The highest BCUT2D eigenvalue weighted by molar-refractivity contribution is 5.76. The van der Waals surface area contributed by atoms with E-state index in [1.165, 1.54) is 19.4 Å². The number of rotatable bonds is 2. The van der Waals surface area contributed by atoms with Crippen molar-refractivity contribution in [2.75, 3.05) is 33.2 Å². The zero-order chi connectivity index (χ0) is 11.5. The van der Waals surface area contributed by atoms with Crippen molar-refractivity contribution in [3.63, 3.8) is 0 Å². The van der Waals surface area contributed by atoms with Crippen LogP contribution in [0.5, 0.6) is 0 Å². The summed E-state index contributed by atoms with van der Waals surface area (Å²) < 4.78 is 0. The zero-order valence-corrected chi connectivity index (χ0v) is 10.2. The molecule has 0 radical (unpaired) electrons. The van der Waals surface area contributed by atoms with Crippen LogP contribution in [0.4, 0.5) is 0 Å². The minimum atomic E-state index is -0.117. The average molecular weight is 225 g/mol. The summed E-state index contributed by atoms with van der Waals surface area (Å²) >= 11 is 0.